The number of benzene rings is 1. The number of aromatic carboxylic acids is 1. The molecule has 4 nitrogen and oxygen atoms in total. The lowest BCUT2D eigenvalue weighted by molar-refractivity contribution is 0.0699. The Bertz CT molecular complexity index is 596. The standard InChI is InChI=1S/C12H11NO3/c1-7-3-4-11-9(5-7)10(12(15)16)6-13(11)8(2)14/h3-6H,1-2H3,(H,15,16). The maximum atomic E-state index is 11.4. The van der Waals surface area contributed by atoms with Crippen molar-refractivity contribution < 1.29 is 14.7 Å². The maximum Gasteiger partial charge on any atom is 0.337 e. The molecule has 0 atom stereocenters. The summed E-state index contributed by atoms with van der Waals surface area (Å²) in [5.41, 5.74) is 1.76. The first-order valence-electron chi connectivity index (χ1n) is 4.86. The van der Waals surface area contributed by atoms with Crippen LogP contribution in [0, 0.1) is 6.92 Å². The molecule has 0 amide bonds. The minimum absolute atomic E-state index is 0.161. The monoisotopic (exact) mass is 217 g/mol. The van der Waals surface area contributed by atoms with E-state index in [9.17, 15) is 9.59 Å². The van der Waals surface area contributed by atoms with Gasteiger partial charge in [-0.15, -0.1) is 0 Å². The second-order valence-corrected chi connectivity index (χ2v) is 3.76. The zero-order valence-corrected chi connectivity index (χ0v) is 9.02. The predicted octanol–water partition coefficient (Wildman–Crippen LogP) is 2.31. The SMILES string of the molecule is CC(=O)n1cc(C(=O)O)c2cc(C)ccc21. The Morgan fingerprint density at radius 1 is 1.31 bits per heavy atom. The lowest BCUT2D eigenvalue weighted by atomic mass is 10.1. The summed E-state index contributed by atoms with van der Waals surface area (Å²) in [4.78, 5) is 22.4. The van der Waals surface area contributed by atoms with Crippen LogP contribution in [0.2, 0.25) is 0 Å². The lowest BCUT2D eigenvalue weighted by Crippen LogP contribution is -2.03. The molecule has 0 spiro atoms. The molecule has 0 aliphatic rings. The molecule has 2 rings (SSSR count). The van der Waals surface area contributed by atoms with Crippen molar-refractivity contribution in [3.8, 4) is 0 Å². The van der Waals surface area contributed by atoms with E-state index in [0.29, 0.717) is 10.9 Å². The van der Waals surface area contributed by atoms with Crippen LogP contribution in [0.5, 0.6) is 0 Å². The Hall–Kier alpha value is -2.10. The molecule has 2 aromatic rings. The number of carbonyl (C=O) groups excluding carboxylic acids is 1. The molecule has 4 heteroatoms. The number of fused-ring (bicyclic) bond motifs is 1. The van der Waals surface area contributed by atoms with Gasteiger partial charge in [-0.05, 0) is 19.1 Å². The molecule has 0 saturated heterocycles. The van der Waals surface area contributed by atoms with Gasteiger partial charge in [0.1, 0.15) is 0 Å². The van der Waals surface area contributed by atoms with Gasteiger partial charge in [0.2, 0.25) is 5.91 Å². The number of aryl methyl sites for hydroxylation is 1. The van der Waals surface area contributed by atoms with Crippen LogP contribution in [0.3, 0.4) is 0 Å². The second-order valence-electron chi connectivity index (χ2n) is 3.76. The first kappa shape index (κ1) is 10.4. The summed E-state index contributed by atoms with van der Waals surface area (Å²) in [5.74, 6) is -1.21. The van der Waals surface area contributed by atoms with E-state index in [1.54, 1.807) is 12.1 Å². The van der Waals surface area contributed by atoms with Crippen molar-refractivity contribution in [2.24, 2.45) is 0 Å². The fourth-order valence-corrected chi connectivity index (χ4v) is 1.77. The van der Waals surface area contributed by atoms with E-state index < -0.39 is 5.97 Å². The van der Waals surface area contributed by atoms with Gasteiger partial charge >= 0.3 is 5.97 Å². The van der Waals surface area contributed by atoms with Crippen LogP contribution in [0.25, 0.3) is 10.9 Å². The van der Waals surface area contributed by atoms with Crippen molar-refractivity contribution in [1.82, 2.24) is 4.57 Å². The highest BCUT2D eigenvalue weighted by atomic mass is 16.4. The molecule has 16 heavy (non-hydrogen) atoms. The maximum absolute atomic E-state index is 11.4. The van der Waals surface area contributed by atoms with Crippen LogP contribution >= 0.6 is 0 Å². The molecule has 1 heterocycles. The molecular formula is C12H11NO3. The number of carboxylic acids is 1. The molecule has 0 radical (unpaired) electrons. The highest BCUT2D eigenvalue weighted by Gasteiger charge is 2.15. The summed E-state index contributed by atoms with van der Waals surface area (Å²) in [6.07, 6.45) is 1.37. The van der Waals surface area contributed by atoms with Gasteiger partial charge in [0.05, 0.1) is 11.1 Å². The third kappa shape index (κ3) is 1.48. The summed E-state index contributed by atoms with van der Waals surface area (Å²) in [7, 11) is 0. The van der Waals surface area contributed by atoms with E-state index in [0.717, 1.165) is 5.56 Å². The van der Waals surface area contributed by atoms with Gasteiger partial charge in [0, 0.05) is 18.5 Å². The largest absolute Gasteiger partial charge is 0.478 e. The number of hydrogen-bond acceptors (Lipinski definition) is 2. The van der Waals surface area contributed by atoms with Crippen LogP contribution in [0.15, 0.2) is 24.4 Å². The summed E-state index contributed by atoms with van der Waals surface area (Å²) in [6.45, 7) is 3.29. The normalized spacial score (nSPS) is 10.6. The van der Waals surface area contributed by atoms with Gasteiger partial charge in [0.15, 0.2) is 0 Å². The first-order valence-corrected chi connectivity index (χ1v) is 4.86. The van der Waals surface area contributed by atoms with E-state index >= 15 is 0 Å². The van der Waals surface area contributed by atoms with Crippen molar-refractivity contribution in [1.29, 1.82) is 0 Å². The third-order valence-corrected chi connectivity index (χ3v) is 2.53. The second kappa shape index (κ2) is 3.48. The number of carboxylic acid groups (broad SMARTS) is 1. The number of nitrogens with zero attached hydrogens (tertiary/aromatic N) is 1. The number of carbonyl (C=O) groups is 2. The Morgan fingerprint density at radius 3 is 2.56 bits per heavy atom. The fraction of sp³-hybridized carbons (Fsp3) is 0.167. The number of rotatable bonds is 1. The molecule has 1 N–H and O–H groups in total. The van der Waals surface area contributed by atoms with Crippen molar-refractivity contribution in [3.63, 3.8) is 0 Å². The minimum Gasteiger partial charge on any atom is -0.478 e. The van der Waals surface area contributed by atoms with Gasteiger partial charge in [-0.25, -0.2) is 4.79 Å². The van der Waals surface area contributed by atoms with Gasteiger partial charge in [-0.3, -0.25) is 9.36 Å². The first-order chi connectivity index (χ1) is 7.50. The lowest BCUT2D eigenvalue weighted by Gasteiger charge is -1.99. The summed E-state index contributed by atoms with van der Waals surface area (Å²) >= 11 is 0. The van der Waals surface area contributed by atoms with Crippen molar-refractivity contribution >= 4 is 22.8 Å². The van der Waals surface area contributed by atoms with Crippen LogP contribution in [0.4, 0.5) is 0 Å². The molecule has 0 bridgehead atoms. The van der Waals surface area contributed by atoms with Gasteiger partial charge in [-0.2, -0.15) is 0 Å². The highest BCUT2D eigenvalue weighted by Crippen LogP contribution is 2.22. The molecule has 1 aromatic heterocycles. The zero-order valence-electron chi connectivity index (χ0n) is 9.02. The van der Waals surface area contributed by atoms with E-state index in [2.05, 4.69) is 0 Å². The molecule has 0 fully saturated rings. The molecule has 0 saturated carbocycles. The van der Waals surface area contributed by atoms with Gasteiger partial charge < -0.3 is 5.11 Å². The van der Waals surface area contributed by atoms with Crippen LogP contribution in [-0.2, 0) is 0 Å². The molecule has 82 valence electrons. The van der Waals surface area contributed by atoms with E-state index in [1.807, 2.05) is 13.0 Å². The third-order valence-electron chi connectivity index (χ3n) is 2.53. The Labute approximate surface area is 92.1 Å². The smallest absolute Gasteiger partial charge is 0.337 e. The Kier molecular flexibility index (Phi) is 2.27. The Balaban J connectivity index is 2.87. The van der Waals surface area contributed by atoms with Crippen molar-refractivity contribution in [3.05, 3.63) is 35.5 Å². The summed E-state index contributed by atoms with van der Waals surface area (Å²) in [6, 6.07) is 5.39. The summed E-state index contributed by atoms with van der Waals surface area (Å²) in [5, 5.41) is 9.64. The fourth-order valence-electron chi connectivity index (χ4n) is 1.77. The van der Waals surface area contributed by atoms with E-state index in [4.69, 9.17) is 5.11 Å². The quantitative estimate of drug-likeness (QED) is 0.797. The minimum atomic E-state index is -1.02. The predicted molar refractivity (Wildman–Crippen MR) is 59.9 cm³/mol. The number of hydrogen-bond donors (Lipinski definition) is 1. The average Bonchev–Trinajstić information content (AvgIpc) is 2.56. The molecule has 0 aliphatic heterocycles. The highest BCUT2D eigenvalue weighted by molar-refractivity contribution is 6.06. The van der Waals surface area contributed by atoms with Gasteiger partial charge in [-0.1, -0.05) is 11.6 Å². The number of aromatic nitrogens is 1. The topological polar surface area (TPSA) is 59.3 Å². The average molecular weight is 217 g/mol. The van der Waals surface area contributed by atoms with Gasteiger partial charge in [0.25, 0.3) is 0 Å². The van der Waals surface area contributed by atoms with Crippen LogP contribution in [0.1, 0.15) is 27.6 Å². The summed E-state index contributed by atoms with van der Waals surface area (Å²) < 4.78 is 1.36. The Morgan fingerprint density at radius 2 is 2.00 bits per heavy atom. The van der Waals surface area contributed by atoms with Crippen molar-refractivity contribution in [2.45, 2.75) is 13.8 Å². The molecule has 0 unspecified atom stereocenters. The molecule has 0 aliphatic carbocycles. The van der Waals surface area contributed by atoms with Crippen LogP contribution in [-0.4, -0.2) is 21.6 Å². The molecular weight excluding hydrogens is 206 g/mol. The van der Waals surface area contributed by atoms with Crippen molar-refractivity contribution in [2.75, 3.05) is 0 Å². The zero-order chi connectivity index (χ0) is 11.9. The van der Waals surface area contributed by atoms with E-state index in [-0.39, 0.29) is 11.5 Å². The van der Waals surface area contributed by atoms with E-state index in [1.165, 1.54) is 17.7 Å². The van der Waals surface area contributed by atoms with Crippen LogP contribution < -0.4 is 0 Å². The molecule has 1 aromatic carbocycles.